The summed E-state index contributed by atoms with van der Waals surface area (Å²) in [7, 11) is 49.4. The standard InChI is InChI=1S/C30H27B7N8O4/c1-5-19(46)39-14-12-15(17(48-4)13-16(14)44-8-10-49-11-9-44)40-29-38-7-6-18(41-29)45-28(35)21(30(36,37)43(2)3)26(42-45)20-22(31)24(33)27(47)25(34)23(20)32/h5-7,12-13,47H,1,8-11H2,2-4H3,(H,39,46)(H,38,40,41). The van der Waals surface area contributed by atoms with Crippen molar-refractivity contribution in [1.82, 2.24) is 24.6 Å². The van der Waals surface area contributed by atoms with Crippen molar-refractivity contribution in [2.75, 3.05) is 63.0 Å². The Hall–Kier alpha value is -4.49. The lowest BCUT2D eigenvalue weighted by atomic mass is 9.54. The molecule has 5 rings (SSSR count). The molecule has 0 saturated carbocycles. The minimum absolute atomic E-state index is 0.00997. The van der Waals surface area contributed by atoms with Crippen LogP contribution >= 0.6 is 0 Å². The first-order valence-corrected chi connectivity index (χ1v) is 14.9. The normalized spacial score (nSPS) is 13.3. The minimum atomic E-state index is -1.71. The fourth-order valence-corrected chi connectivity index (χ4v) is 5.30. The summed E-state index contributed by atoms with van der Waals surface area (Å²) in [6, 6.07) is 5.06. The van der Waals surface area contributed by atoms with Gasteiger partial charge in [0.15, 0.2) is 5.82 Å². The van der Waals surface area contributed by atoms with Gasteiger partial charge in [-0.2, -0.15) is 10.1 Å². The van der Waals surface area contributed by atoms with Crippen molar-refractivity contribution in [2.45, 2.75) is 5.34 Å². The van der Waals surface area contributed by atoms with Crippen LogP contribution in [-0.2, 0) is 14.9 Å². The number of morpholine rings is 1. The van der Waals surface area contributed by atoms with Gasteiger partial charge in [-0.25, -0.2) is 9.67 Å². The molecule has 0 bridgehead atoms. The van der Waals surface area contributed by atoms with E-state index in [1.165, 1.54) is 29.0 Å². The molecule has 1 aliphatic rings. The van der Waals surface area contributed by atoms with E-state index in [1.807, 2.05) is 0 Å². The predicted octanol–water partition coefficient (Wildman–Crippen LogP) is -3.27. The number of rotatable bonds is 10. The summed E-state index contributed by atoms with van der Waals surface area (Å²) in [6.07, 6.45) is 2.66. The topological polar surface area (TPSA) is 130 Å². The lowest BCUT2D eigenvalue weighted by Crippen LogP contribution is -2.47. The molecule has 14 radical (unpaired) electrons. The highest BCUT2D eigenvalue weighted by molar-refractivity contribution is 6.61. The molecule has 4 aromatic rings. The molecule has 19 heteroatoms. The van der Waals surface area contributed by atoms with Crippen molar-refractivity contribution in [1.29, 1.82) is 0 Å². The number of phenols is 1. The Morgan fingerprint density at radius 1 is 1.08 bits per heavy atom. The second-order valence-electron chi connectivity index (χ2n) is 11.3. The van der Waals surface area contributed by atoms with E-state index in [1.54, 1.807) is 32.3 Å². The van der Waals surface area contributed by atoms with Gasteiger partial charge < -0.3 is 35.0 Å². The highest BCUT2D eigenvalue weighted by Crippen LogP contribution is 2.38. The maximum absolute atomic E-state index is 12.4. The van der Waals surface area contributed by atoms with Crippen LogP contribution in [0.15, 0.2) is 37.1 Å². The first kappa shape index (κ1) is 35.8. The number of nitrogens with zero attached hydrogens (tertiary/aromatic N) is 6. The first-order valence-electron chi connectivity index (χ1n) is 14.9. The molecule has 1 fully saturated rings. The quantitative estimate of drug-likeness (QED) is 0.120. The highest BCUT2D eigenvalue weighted by Gasteiger charge is 2.33. The fourth-order valence-electron chi connectivity index (χ4n) is 5.30. The van der Waals surface area contributed by atoms with Crippen molar-refractivity contribution in [2.24, 2.45) is 0 Å². The van der Waals surface area contributed by atoms with Gasteiger partial charge in [-0.1, -0.05) is 28.4 Å². The van der Waals surface area contributed by atoms with E-state index in [2.05, 4.69) is 37.2 Å². The number of phenolic OH excluding ortho intramolecular Hbond substituents is 1. The summed E-state index contributed by atoms with van der Waals surface area (Å²) in [6.45, 7) is 5.87. The van der Waals surface area contributed by atoms with Crippen LogP contribution < -0.4 is 47.7 Å². The van der Waals surface area contributed by atoms with Gasteiger partial charge in [0, 0.05) is 31.4 Å². The monoisotopic (exact) mass is 640 g/mol. The Morgan fingerprint density at radius 3 is 2.33 bits per heavy atom. The SMILES string of the molecule is [B]c1c([B])c(-c2nn(-c3ccnc(Nc4cc(NC(=O)C=C)c(N5CCOCC5)cc4OC)n3)c([B])c2C([B])([B])N(C)C)c([B])c([B])c1O. The van der Waals surface area contributed by atoms with E-state index in [0.29, 0.717) is 43.4 Å². The Kier molecular flexibility index (Phi) is 10.4. The van der Waals surface area contributed by atoms with Crippen LogP contribution in [0.2, 0.25) is 0 Å². The fraction of sp³-hybridized carbons (Fsp3) is 0.267. The van der Waals surface area contributed by atoms with Crippen molar-refractivity contribution in [3.05, 3.63) is 42.6 Å². The molecular weight excluding hydrogens is 612 g/mol. The Balaban J connectivity index is 1.63. The molecule has 0 aliphatic carbocycles. The van der Waals surface area contributed by atoms with Gasteiger partial charge in [-0.05, 0) is 48.3 Å². The Morgan fingerprint density at radius 2 is 1.73 bits per heavy atom. The van der Waals surface area contributed by atoms with E-state index < -0.39 is 17.0 Å². The summed E-state index contributed by atoms with van der Waals surface area (Å²) in [4.78, 5) is 25.0. The third-order valence-electron chi connectivity index (χ3n) is 8.14. The average Bonchev–Trinajstić information content (AvgIpc) is 3.43. The van der Waals surface area contributed by atoms with Crippen LogP contribution in [0.3, 0.4) is 0 Å². The molecule has 1 aliphatic heterocycles. The van der Waals surface area contributed by atoms with E-state index in [9.17, 15) is 9.90 Å². The Bertz CT molecular complexity index is 1900. The van der Waals surface area contributed by atoms with Gasteiger partial charge in [0.05, 0.1) is 64.5 Å². The lowest BCUT2D eigenvalue weighted by Gasteiger charge is -2.36. The van der Waals surface area contributed by atoms with Gasteiger partial charge >= 0.3 is 0 Å². The van der Waals surface area contributed by atoms with Gasteiger partial charge in [-0.3, -0.25) is 4.79 Å². The molecule has 3 N–H and O–H groups in total. The highest BCUT2D eigenvalue weighted by atomic mass is 16.5. The van der Waals surface area contributed by atoms with Crippen LogP contribution in [0, 0.1) is 0 Å². The largest absolute Gasteiger partial charge is 0.509 e. The first-order chi connectivity index (χ1) is 23.2. The minimum Gasteiger partial charge on any atom is -0.509 e. The maximum atomic E-state index is 12.4. The number of ether oxygens (including phenoxy) is 2. The second-order valence-corrected chi connectivity index (χ2v) is 11.3. The average molecular weight is 639 g/mol. The molecule has 0 spiro atoms. The molecular formula is C30H27B7N8O4. The zero-order valence-electron chi connectivity index (χ0n) is 27.3. The number of hydrogen-bond donors (Lipinski definition) is 3. The van der Waals surface area contributed by atoms with Crippen LogP contribution in [0.4, 0.5) is 23.0 Å². The number of aromatic nitrogens is 4. The number of aromatic hydroxyl groups is 1. The van der Waals surface area contributed by atoms with Gasteiger partial charge in [-0.15, -0.1) is 0 Å². The van der Waals surface area contributed by atoms with Crippen LogP contribution in [-0.4, -0.2) is 138 Å². The second kappa shape index (κ2) is 14.2. The van der Waals surface area contributed by atoms with Crippen molar-refractivity contribution >= 4 is 111 Å². The summed E-state index contributed by atoms with van der Waals surface area (Å²) in [5.41, 5.74) is 1.28. The number of anilines is 4. The smallest absolute Gasteiger partial charge is 0.247 e. The third-order valence-corrected chi connectivity index (χ3v) is 8.14. The van der Waals surface area contributed by atoms with Gasteiger partial charge in [0.25, 0.3) is 0 Å². The maximum Gasteiger partial charge on any atom is 0.247 e. The van der Waals surface area contributed by atoms with Gasteiger partial charge in [0.2, 0.25) is 11.9 Å². The van der Waals surface area contributed by atoms with E-state index in [0.717, 1.165) is 5.69 Å². The number of benzene rings is 2. The molecule has 0 unspecified atom stereocenters. The predicted molar refractivity (Wildman–Crippen MR) is 198 cm³/mol. The molecule has 2 aromatic heterocycles. The van der Waals surface area contributed by atoms with Crippen molar-refractivity contribution in [3.63, 3.8) is 0 Å². The van der Waals surface area contributed by atoms with Crippen LogP contribution in [0.25, 0.3) is 17.1 Å². The zero-order valence-corrected chi connectivity index (χ0v) is 27.3. The molecule has 1 amide bonds. The number of carbonyl (C=O) groups is 1. The van der Waals surface area contributed by atoms with Crippen LogP contribution in [0.5, 0.6) is 11.5 Å². The van der Waals surface area contributed by atoms with Crippen molar-refractivity contribution < 1.29 is 19.4 Å². The number of hydrogen-bond acceptors (Lipinski definition) is 10. The third kappa shape index (κ3) is 6.74. The summed E-state index contributed by atoms with van der Waals surface area (Å²) < 4.78 is 12.5. The number of nitrogens with one attached hydrogen (secondary N) is 2. The summed E-state index contributed by atoms with van der Waals surface area (Å²) in [5.74, 6) is -0.106. The van der Waals surface area contributed by atoms with E-state index >= 15 is 0 Å². The molecule has 12 nitrogen and oxygen atoms in total. The van der Waals surface area contributed by atoms with E-state index in [-0.39, 0.29) is 56.0 Å². The molecule has 232 valence electrons. The number of methoxy groups -OCH3 is 1. The Labute approximate surface area is 294 Å². The summed E-state index contributed by atoms with van der Waals surface area (Å²) >= 11 is 0. The number of carbonyl (C=O) groups excluding carboxylic acids is 1. The molecule has 0 atom stereocenters. The van der Waals surface area contributed by atoms with Crippen molar-refractivity contribution in [3.8, 4) is 28.6 Å². The van der Waals surface area contributed by atoms with Crippen LogP contribution in [0.1, 0.15) is 5.56 Å². The lowest BCUT2D eigenvalue weighted by molar-refractivity contribution is -0.111. The number of amides is 1. The molecule has 49 heavy (non-hydrogen) atoms. The molecule has 3 heterocycles. The van der Waals surface area contributed by atoms with Gasteiger partial charge in [0.1, 0.15) is 45.0 Å². The molecule has 1 saturated heterocycles. The summed E-state index contributed by atoms with van der Waals surface area (Å²) in [5, 5.41) is 19.3. The van der Waals surface area contributed by atoms with E-state index in [4.69, 9.17) is 64.4 Å². The zero-order chi connectivity index (χ0) is 35.8. The molecule has 2 aromatic carbocycles.